The summed E-state index contributed by atoms with van der Waals surface area (Å²) in [5, 5.41) is 8.36. The monoisotopic (exact) mass is 491 g/mol. The summed E-state index contributed by atoms with van der Waals surface area (Å²) in [4.78, 5) is 51.3. The molecule has 8 nitrogen and oxygen atoms in total. The average molecular weight is 492 g/mol. The van der Waals surface area contributed by atoms with E-state index in [1.165, 1.54) is 0 Å². The molecule has 2 aliphatic rings. The minimum atomic E-state index is -1.06. The number of methoxy groups -OCH3 is 1. The Hall–Kier alpha value is -3.68. The normalized spacial score (nSPS) is 21.2. The second-order valence-corrected chi connectivity index (χ2v) is 10.3. The maximum absolute atomic E-state index is 13.6. The fourth-order valence-electron chi connectivity index (χ4n) is 4.46. The largest absolute Gasteiger partial charge is 0.497 e. The zero-order valence-electron chi connectivity index (χ0n) is 20.9. The minimum Gasteiger partial charge on any atom is -0.497 e. The lowest BCUT2D eigenvalue weighted by molar-refractivity contribution is -0.144. The van der Waals surface area contributed by atoms with Gasteiger partial charge < -0.3 is 20.7 Å². The molecular formula is C28H33N3O5. The number of carbonyl (C=O) groups is 4. The molecule has 2 aromatic rings. The molecule has 36 heavy (non-hydrogen) atoms. The number of hydrogen-bond acceptors (Lipinski definition) is 5. The van der Waals surface area contributed by atoms with E-state index in [9.17, 15) is 19.2 Å². The molecule has 2 fully saturated rings. The van der Waals surface area contributed by atoms with Gasteiger partial charge in [0.25, 0.3) is 0 Å². The molecular weight excluding hydrogens is 458 g/mol. The van der Waals surface area contributed by atoms with Gasteiger partial charge in [-0.25, -0.2) is 0 Å². The van der Waals surface area contributed by atoms with Gasteiger partial charge in [-0.1, -0.05) is 49.4 Å². The van der Waals surface area contributed by atoms with Crippen LogP contribution in [0.4, 0.5) is 0 Å². The number of hydrogen-bond donors (Lipinski definition) is 3. The third kappa shape index (κ3) is 5.75. The van der Waals surface area contributed by atoms with Crippen molar-refractivity contribution < 1.29 is 23.9 Å². The van der Waals surface area contributed by atoms with E-state index >= 15 is 0 Å². The summed E-state index contributed by atoms with van der Waals surface area (Å²) in [5.74, 6) is -0.398. The Labute approximate surface area is 211 Å². The standard InChI is InChI=1S/C28H33N3O5/c1-27(13-14-27)24(33)21(15-18-7-5-4-6-8-18)29-25(34)22(16-19-9-11-20(36-3)12-10-19)30-26(35)28(2)17-23(32)31-28/h4-12,21-22H,13-17H2,1-3H3,(H,29,34)(H,30,35)(H,31,32)/t21-,22-,28+/m0/s1. The zero-order chi connectivity index (χ0) is 25.9. The van der Waals surface area contributed by atoms with Crippen molar-refractivity contribution in [3.05, 3.63) is 65.7 Å². The van der Waals surface area contributed by atoms with Gasteiger partial charge in [-0.2, -0.15) is 0 Å². The molecule has 0 radical (unpaired) electrons. The molecule has 0 spiro atoms. The van der Waals surface area contributed by atoms with Gasteiger partial charge in [0, 0.05) is 11.8 Å². The Balaban J connectivity index is 1.54. The van der Waals surface area contributed by atoms with E-state index in [2.05, 4.69) is 16.0 Å². The van der Waals surface area contributed by atoms with E-state index in [1.807, 2.05) is 49.4 Å². The van der Waals surface area contributed by atoms with Crippen LogP contribution in [-0.4, -0.2) is 48.2 Å². The summed E-state index contributed by atoms with van der Waals surface area (Å²) in [6.07, 6.45) is 2.25. The summed E-state index contributed by atoms with van der Waals surface area (Å²) in [5.41, 5.74) is 0.279. The van der Waals surface area contributed by atoms with Gasteiger partial charge in [0.15, 0.2) is 5.78 Å². The third-order valence-electron chi connectivity index (χ3n) is 7.16. The summed E-state index contributed by atoms with van der Waals surface area (Å²) in [6.45, 7) is 3.55. The number of ketones is 1. The van der Waals surface area contributed by atoms with Crippen molar-refractivity contribution in [3.63, 3.8) is 0 Å². The van der Waals surface area contributed by atoms with E-state index in [4.69, 9.17) is 4.74 Å². The molecule has 3 N–H and O–H groups in total. The molecule has 2 aromatic carbocycles. The molecule has 190 valence electrons. The Morgan fingerprint density at radius 3 is 2.06 bits per heavy atom. The second kappa shape index (κ2) is 10.1. The molecule has 1 aliphatic heterocycles. The predicted octanol–water partition coefficient (Wildman–Crippen LogP) is 2.10. The zero-order valence-corrected chi connectivity index (χ0v) is 20.9. The van der Waals surface area contributed by atoms with Gasteiger partial charge in [-0.3, -0.25) is 19.2 Å². The van der Waals surface area contributed by atoms with E-state index < -0.39 is 34.9 Å². The van der Waals surface area contributed by atoms with Gasteiger partial charge in [0.2, 0.25) is 17.7 Å². The van der Waals surface area contributed by atoms with Crippen LogP contribution in [0.15, 0.2) is 54.6 Å². The van der Waals surface area contributed by atoms with E-state index in [0.717, 1.165) is 24.0 Å². The van der Waals surface area contributed by atoms with Crippen molar-refractivity contribution >= 4 is 23.5 Å². The molecule has 0 aromatic heterocycles. The van der Waals surface area contributed by atoms with Crippen molar-refractivity contribution in [2.24, 2.45) is 5.41 Å². The average Bonchev–Trinajstić information content (AvgIpc) is 3.61. The lowest BCUT2D eigenvalue weighted by Gasteiger charge is -2.38. The molecule has 8 heteroatoms. The topological polar surface area (TPSA) is 114 Å². The van der Waals surface area contributed by atoms with Crippen LogP contribution in [0.5, 0.6) is 5.75 Å². The number of Topliss-reactive ketones (excluding diaryl/α,β-unsaturated/α-hetero) is 1. The molecule has 1 aliphatic carbocycles. The Morgan fingerprint density at radius 2 is 1.50 bits per heavy atom. The Morgan fingerprint density at radius 1 is 0.917 bits per heavy atom. The maximum atomic E-state index is 13.6. The first-order chi connectivity index (χ1) is 17.1. The van der Waals surface area contributed by atoms with Crippen LogP contribution >= 0.6 is 0 Å². The van der Waals surface area contributed by atoms with Crippen LogP contribution in [0.2, 0.25) is 0 Å². The van der Waals surface area contributed by atoms with Crippen LogP contribution in [0.25, 0.3) is 0 Å². The van der Waals surface area contributed by atoms with Crippen LogP contribution in [0.1, 0.15) is 44.2 Å². The molecule has 0 bridgehead atoms. The van der Waals surface area contributed by atoms with Gasteiger partial charge >= 0.3 is 0 Å². The Kier molecular flexibility index (Phi) is 7.15. The lowest BCUT2D eigenvalue weighted by atomic mass is 9.87. The molecule has 1 saturated heterocycles. The number of benzene rings is 2. The third-order valence-corrected chi connectivity index (χ3v) is 7.16. The number of ether oxygens (including phenoxy) is 1. The van der Waals surface area contributed by atoms with Crippen LogP contribution in [0, 0.1) is 5.41 Å². The second-order valence-electron chi connectivity index (χ2n) is 10.3. The fraction of sp³-hybridized carbons (Fsp3) is 0.429. The van der Waals surface area contributed by atoms with Gasteiger partial charge in [0.05, 0.1) is 19.6 Å². The fourth-order valence-corrected chi connectivity index (χ4v) is 4.46. The van der Waals surface area contributed by atoms with Gasteiger partial charge in [-0.15, -0.1) is 0 Å². The first kappa shape index (κ1) is 25.4. The SMILES string of the molecule is COc1ccc(C[C@H](NC(=O)[C@@]2(C)CC(=O)N2)C(=O)N[C@@H](Cc2ccccc2)C(=O)C2(C)CC2)cc1. The van der Waals surface area contributed by atoms with Crippen molar-refractivity contribution in [3.8, 4) is 5.75 Å². The van der Waals surface area contributed by atoms with Crippen molar-refractivity contribution in [1.82, 2.24) is 16.0 Å². The molecule has 1 heterocycles. The molecule has 3 amide bonds. The van der Waals surface area contributed by atoms with E-state index in [1.54, 1.807) is 26.2 Å². The number of carbonyl (C=O) groups excluding carboxylic acids is 4. The first-order valence-electron chi connectivity index (χ1n) is 12.3. The maximum Gasteiger partial charge on any atom is 0.246 e. The number of rotatable bonds is 11. The Bertz CT molecular complexity index is 1130. The summed E-state index contributed by atoms with van der Waals surface area (Å²) in [7, 11) is 1.57. The summed E-state index contributed by atoms with van der Waals surface area (Å²) < 4.78 is 5.21. The number of amides is 3. The molecule has 3 atom stereocenters. The molecule has 4 rings (SSSR count). The quantitative estimate of drug-likeness (QED) is 0.417. The van der Waals surface area contributed by atoms with Crippen molar-refractivity contribution in [2.75, 3.05) is 7.11 Å². The molecule has 0 unspecified atom stereocenters. The lowest BCUT2D eigenvalue weighted by Crippen LogP contribution is -2.68. The summed E-state index contributed by atoms with van der Waals surface area (Å²) in [6, 6.07) is 15.2. The highest BCUT2D eigenvalue weighted by Crippen LogP contribution is 2.46. The van der Waals surface area contributed by atoms with Gasteiger partial charge in [0.1, 0.15) is 17.3 Å². The number of β-lactam (4-membered cyclic amide) rings is 1. The van der Waals surface area contributed by atoms with E-state index in [-0.39, 0.29) is 24.5 Å². The number of nitrogens with one attached hydrogen (secondary N) is 3. The van der Waals surface area contributed by atoms with Crippen molar-refractivity contribution in [2.45, 2.75) is 63.6 Å². The van der Waals surface area contributed by atoms with Crippen molar-refractivity contribution in [1.29, 1.82) is 0 Å². The minimum absolute atomic E-state index is 0.00689. The highest BCUT2D eigenvalue weighted by atomic mass is 16.5. The first-order valence-corrected chi connectivity index (χ1v) is 12.3. The van der Waals surface area contributed by atoms with Crippen LogP contribution in [-0.2, 0) is 32.0 Å². The predicted molar refractivity (Wildman–Crippen MR) is 134 cm³/mol. The van der Waals surface area contributed by atoms with Crippen LogP contribution in [0.3, 0.4) is 0 Å². The smallest absolute Gasteiger partial charge is 0.246 e. The van der Waals surface area contributed by atoms with E-state index in [0.29, 0.717) is 12.2 Å². The molecule has 1 saturated carbocycles. The highest BCUT2D eigenvalue weighted by Gasteiger charge is 2.49. The summed E-state index contributed by atoms with van der Waals surface area (Å²) >= 11 is 0. The highest BCUT2D eigenvalue weighted by molar-refractivity contribution is 6.03. The van der Waals surface area contributed by atoms with Crippen LogP contribution < -0.4 is 20.7 Å². The van der Waals surface area contributed by atoms with Gasteiger partial charge in [-0.05, 0) is 49.4 Å².